The highest BCUT2D eigenvalue weighted by Crippen LogP contribution is 2.64. The summed E-state index contributed by atoms with van der Waals surface area (Å²) in [7, 11) is 1.72. The lowest BCUT2D eigenvalue weighted by Crippen LogP contribution is -2.48. The molecule has 5 aromatic rings. The zero-order valence-corrected chi connectivity index (χ0v) is 29.6. The smallest absolute Gasteiger partial charge is 0.242 e. The molecule has 2 aliphatic heterocycles. The van der Waals surface area contributed by atoms with Gasteiger partial charge in [-0.3, -0.25) is 28.8 Å². The Kier molecular flexibility index (Phi) is 7.13. The second-order valence-corrected chi connectivity index (χ2v) is 15.7. The normalized spacial score (nSPS) is 27.3. The number of imide groups is 2. The number of thiophene rings is 1. The first kappa shape index (κ1) is 32.1. The summed E-state index contributed by atoms with van der Waals surface area (Å²) < 4.78 is 8.76. The summed E-state index contributed by atoms with van der Waals surface area (Å²) in [6.45, 7) is 3.48. The number of para-hydroxylation sites is 1. The monoisotopic (exact) mass is 720 g/mol. The molecule has 3 fully saturated rings. The summed E-state index contributed by atoms with van der Waals surface area (Å²) in [5, 5.41) is 16.3. The Hall–Kier alpha value is -4.84. The molecular weight excluding hydrogens is 688 g/mol. The molecule has 4 amide bonds. The van der Waals surface area contributed by atoms with Gasteiger partial charge in [-0.05, 0) is 86.0 Å². The SMILES string of the molecule is Cc1c(-c2cc(N3C(=O)C4CC5C(=CCC6C(=O)N(c7ccccc7)C(=O)C65)C(c5ccc(CO)o5)C4(C)C3=O)n(C)n2)sc2ccc(Cl)cc12. The van der Waals surface area contributed by atoms with Gasteiger partial charge in [-0.2, -0.15) is 5.10 Å². The Morgan fingerprint density at radius 3 is 2.51 bits per heavy atom. The molecule has 2 saturated heterocycles. The fourth-order valence-corrected chi connectivity index (χ4v) is 10.5. The van der Waals surface area contributed by atoms with Crippen LogP contribution >= 0.6 is 22.9 Å². The lowest BCUT2D eigenvalue weighted by Gasteiger charge is -2.48. The van der Waals surface area contributed by atoms with Gasteiger partial charge in [0.25, 0.3) is 0 Å². The van der Waals surface area contributed by atoms with Crippen LogP contribution in [0, 0.1) is 36.0 Å². The molecule has 5 heterocycles. The number of rotatable bonds is 5. The van der Waals surface area contributed by atoms with Crippen LogP contribution in [0.2, 0.25) is 5.02 Å². The third-order valence-electron chi connectivity index (χ3n) is 11.6. The number of carbonyl (C=O) groups excluding carboxylic acids is 4. The van der Waals surface area contributed by atoms with E-state index in [0.717, 1.165) is 26.1 Å². The van der Waals surface area contributed by atoms with E-state index in [2.05, 4.69) is 0 Å². The van der Waals surface area contributed by atoms with Gasteiger partial charge in [-0.25, -0.2) is 4.90 Å². The molecule has 0 radical (unpaired) electrons. The van der Waals surface area contributed by atoms with E-state index in [0.29, 0.717) is 40.2 Å². The highest BCUT2D eigenvalue weighted by Gasteiger charge is 2.68. The average molecular weight is 721 g/mol. The molecule has 1 saturated carbocycles. The number of hydrogen-bond acceptors (Lipinski definition) is 8. The first-order valence-electron chi connectivity index (χ1n) is 17.0. The lowest BCUT2D eigenvalue weighted by atomic mass is 9.52. The average Bonchev–Trinajstić information content (AvgIpc) is 3.92. The number of amides is 4. The molecule has 2 aliphatic carbocycles. The number of hydrogen-bond donors (Lipinski definition) is 1. The van der Waals surface area contributed by atoms with E-state index in [1.807, 2.05) is 44.2 Å². The minimum atomic E-state index is -1.28. The summed E-state index contributed by atoms with van der Waals surface area (Å²) in [4.78, 5) is 61.1. The highest BCUT2D eigenvalue weighted by molar-refractivity contribution is 7.22. The van der Waals surface area contributed by atoms with Crippen LogP contribution in [-0.4, -0.2) is 38.5 Å². The number of anilines is 2. The van der Waals surface area contributed by atoms with Crippen molar-refractivity contribution in [1.29, 1.82) is 0 Å². The number of carbonyl (C=O) groups is 4. The molecule has 3 aromatic heterocycles. The Balaban J connectivity index is 1.14. The van der Waals surface area contributed by atoms with Gasteiger partial charge >= 0.3 is 0 Å². The minimum Gasteiger partial charge on any atom is -0.463 e. The van der Waals surface area contributed by atoms with Crippen LogP contribution in [0.1, 0.15) is 42.8 Å². The number of fused-ring (bicyclic) bond motifs is 5. The van der Waals surface area contributed by atoms with Crippen LogP contribution in [0.4, 0.5) is 11.5 Å². The Bertz CT molecular complexity index is 2360. The van der Waals surface area contributed by atoms with Gasteiger partial charge in [0.1, 0.15) is 29.6 Å². The summed E-state index contributed by atoms with van der Waals surface area (Å²) in [5.41, 5.74) is 1.69. The Labute approximate surface area is 301 Å². The van der Waals surface area contributed by atoms with Crippen molar-refractivity contribution in [2.75, 3.05) is 9.80 Å². The first-order valence-corrected chi connectivity index (χ1v) is 18.2. The molecule has 0 bridgehead atoms. The number of furan rings is 1. The Morgan fingerprint density at radius 1 is 0.980 bits per heavy atom. The maximum absolute atomic E-state index is 14.9. The van der Waals surface area contributed by atoms with E-state index in [1.54, 1.807) is 65.5 Å². The lowest BCUT2D eigenvalue weighted by molar-refractivity contribution is -0.131. The number of nitrogens with zero attached hydrogens (tertiary/aromatic N) is 4. The van der Waals surface area contributed by atoms with Gasteiger partial charge < -0.3 is 9.52 Å². The van der Waals surface area contributed by atoms with Gasteiger partial charge in [0.15, 0.2) is 0 Å². The Morgan fingerprint density at radius 2 is 1.76 bits per heavy atom. The second-order valence-electron chi connectivity index (χ2n) is 14.2. The summed E-state index contributed by atoms with van der Waals surface area (Å²) in [6, 6.07) is 19.8. The van der Waals surface area contributed by atoms with Crippen LogP contribution in [0.3, 0.4) is 0 Å². The molecule has 1 N–H and O–H groups in total. The molecule has 12 heteroatoms. The second kappa shape index (κ2) is 11.3. The summed E-state index contributed by atoms with van der Waals surface area (Å²) in [5.74, 6) is -3.50. The molecule has 0 spiro atoms. The first-order chi connectivity index (χ1) is 24.5. The standard InChI is InChI=1S/C39H33ClN4O6S/c1-19-25-15-20(40)9-14-30(25)51-34(19)28-17-31(42(3)41-28)44-36(47)27-16-26-23(33(39(27,2)38(44)49)29-13-10-22(18-45)50-29)11-12-24-32(26)37(48)43(35(24)46)21-7-5-4-6-8-21/h4-11,13-15,17,24,26-27,32-33,45H,12,16,18H2,1-3H3. The number of aromatic nitrogens is 2. The van der Waals surface area contributed by atoms with Crippen LogP contribution in [0.25, 0.3) is 20.7 Å². The van der Waals surface area contributed by atoms with Crippen molar-refractivity contribution in [2.24, 2.45) is 36.1 Å². The molecule has 258 valence electrons. The minimum absolute atomic E-state index is 0.219. The topological polar surface area (TPSA) is 126 Å². The van der Waals surface area contributed by atoms with Gasteiger partial charge in [-0.15, -0.1) is 11.3 Å². The van der Waals surface area contributed by atoms with Crippen molar-refractivity contribution in [3.63, 3.8) is 0 Å². The molecule has 9 rings (SSSR count). The third kappa shape index (κ3) is 4.41. The highest BCUT2D eigenvalue weighted by atomic mass is 35.5. The zero-order valence-electron chi connectivity index (χ0n) is 28.0. The van der Waals surface area contributed by atoms with Crippen LogP contribution in [0.5, 0.6) is 0 Å². The van der Waals surface area contributed by atoms with Gasteiger partial charge in [0.2, 0.25) is 23.6 Å². The molecule has 51 heavy (non-hydrogen) atoms. The van der Waals surface area contributed by atoms with E-state index in [1.165, 1.54) is 9.80 Å². The summed E-state index contributed by atoms with van der Waals surface area (Å²) in [6.07, 6.45) is 2.53. The van der Waals surface area contributed by atoms with Crippen molar-refractivity contribution < 1.29 is 28.7 Å². The number of allylic oxidation sites excluding steroid dienone is 2. The predicted octanol–water partition coefficient (Wildman–Crippen LogP) is 6.78. The predicted molar refractivity (Wildman–Crippen MR) is 192 cm³/mol. The maximum Gasteiger partial charge on any atom is 0.242 e. The van der Waals surface area contributed by atoms with Gasteiger partial charge in [-0.1, -0.05) is 41.4 Å². The van der Waals surface area contributed by atoms with E-state index < -0.39 is 35.0 Å². The van der Waals surface area contributed by atoms with Crippen molar-refractivity contribution in [2.45, 2.75) is 39.2 Å². The fourth-order valence-electron chi connectivity index (χ4n) is 9.22. The quantitative estimate of drug-likeness (QED) is 0.157. The molecular formula is C39H33ClN4O6S. The largest absolute Gasteiger partial charge is 0.463 e. The van der Waals surface area contributed by atoms with E-state index in [9.17, 15) is 24.3 Å². The number of halogens is 1. The molecule has 6 atom stereocenters. The fraction of sp³-hybridized carbons (Fsp3) is 0.308. The molecule has 10 nitrogen and oxygen atoms in total. The van der Waals surface area contributed by atoms with Crippen LogP contribution in [-0.2, 0) is 32.8 Å². The van der Waals surface area contributed by atoms with E-state index >= 15 is 0 Å². The van der Waals surface area contributed by atoms with Crippen molar-refractivity contribution in [1.82, 2.24) is 9.78 Å². The maximum atomic E-state index is 14.9. The van der Waals surface area contributed by atoms with Gasteiger partial charge in [0.05, 0.1) is 39.7 Å². The number of aliphatic hydroxyl groups excluding tert-OH is 1. The molecule has 2 aromatic carbocycles. The van der Waals surface area contributed by atoms with E-state index in [-0.39, 0.29) is 36.7 Å². The van der Waals surface area contributed by atoms with Crippen LogP contribution < -0.4 is 9.80 Å². The third-order valence-corrected chi connectivity index (χ3v) is 13.2. The van der Waals surface area contributed by atoms with Crippen molar-refractivity contribution >= 4 is 68.2 Å². The van der Waals surface area contributed by atoms with Crippen molar-refractivity contribution in [3.8, 4) is 10.6 Å². The van der Waals surface area contributed by atoms with Crippen LogP contribution in [0.15, 0.2) is 82.8 Å². The molecule has 6 unspecified atom stereocenters. The number of aryl methyl sites for hydroxylation is 2. The number of benzene rings is 2. The number of aliphatic hydroxyl groups is 1. The van der Waals surface area contributed by atoms with Gasteiger partial charge in [0, 0.05) is 22.8 Å². The zero-order chi connectivity index (χ0) is 35.5. The van der Waals surface area contributed by atoms with E-state index in [4.69, 9.17) is 21.1 Å². The van der Waals surface area contributed by atoms with Crippen molar-refractivity contribution in [3.05, 3.63) is 100 Å². The summed E-state index contributed by atoms with van der Waals surface area (Å²) >= 11 is 7.87. The molecule has 4 aliphatic rings.